The Morgan fingerprint density at radius 1 is 1.18 bits per heavy atom. The van der Waals surface area contributed by atoms with Crippen LogP contribution in [0.3, 0.4) is 0 Å². The van der Waals surface area contributed by atoms with Crippen molar-refractivity contribution in [3.8, 4) is 0 Å². The molecule has 0 bridgehead atoms. The maximum absolute atomic E-state index is 10.4. The van der Waals surface area contributed by atoms with E-state index >= 15 is 0 Å². The lowest BCUT2D eigenvalue weighted by Gasteiger charge is -2.13. The van der Waals surface area contributed by atoms with Crippen LogP contribution in [0.15, 0.2) is 10.2 Å². The molecule has 96 valence electrons. The molecule has 0 aromatic heterocycles. The minimum atomic E-state index is -0.717. The van der Waals surface area contributed by atoms with Gasteiger partial charge < -0.3 is 11.5 Å². The van der Waals surface area contributed by atoms with E-state index in [-0.39, 0.29) is 11.8 Å². The van der Waals surface area contributed by atoms with Crippen molar-refractivity contribution in [3.05, 3.63) is 0 Å². The summed E-state index contributed by atoms with van der Waals surface area (Å²) in [6, 6.07) is -1.43. The van der Waals surface area contributed by atoms with Gasteiger partial charge in [-0.15, -0.1) is 0 Å². The summed E-state index contributed by atoms with van der Waals surface area (Å²) in [5, 5.41) is 7.34. The molecule has 17 heavy (non-hydrogen) atoms. The van der Waals surface area contributed by atoms with Crippen LogP contribution >= 0.6 is 0 Å². The number of hydrogen-bond donors (Lipinski definition) is 4. The summed E-state index contributed by atoms with van der Waals surface area (Å²) >= 11 is 0. The van der Waals surface area contributed by atoms with E-state index in [1.54, 1.807) is 12.4 Å². The zero-order chi connectivity index (χ0) is 13.3. The van der Waals surface area contributed by atoms with Gasteiger partial charge in [0.05, 0.1) is 0 Å². The number of carbonyl (C=O) groups is 2. The third-order valence-electron chi connectivity index (χ3n) is 2.07. The Bertz CT molecular complexity index is 315. The molecule has 0 heterocycles. The predicted molar refractivity (Wildman–Crippen MR) is 65.4 cm³/mol. The first-order valence-electron chi connectivity index (χ1n) is 5.14. The monoisotopic (exact) mass is 242 g/mol. The van der Waals surface area contributed by atoms with Gasteiger partial charge >= 0.3 is 12.1 Å². The quantitative estimate of drug-likeness (QED) is 0.384. The van der Waals surface area contributed by atoms with Crippen molar-refractivity contribution in [2.75, 3.05) is 0 Å². The molecule has 6 N–H and O–H groups in total. The molecule has 0 aromatic rings. The Morgan fingerprint density at radius 3 is 2.06 bits per heavy atom. The average Bonchev–Trinajstić information content (AvgIpc) is 2.23. The van der Waals surface area contributed by atoms with Gasteiger partial charge in [0.15, 0.2) is 0 Å². The van der Waals surface area contributed by atoms with Crippen molar-refractivity contribution in [3.63, 3.8) is 0 Å². The number of amides is 4. The Hall–Kier alpha value is -2.12. The summed E-state index contributed by atoms with van der Waals surface area (Å²) in [5.74, 6) is 0.102. The second-order valence-electron chi connectivity index (χ2n) is 3.44. The molecule has 4 amide bonds. The summed E-state index contributed by atoms with van der Waals surface area (Å²) in [6.45, 7) is 3.86. The van der Waals surface area contributed by atoms with Gasteiger partial charge in [-0.2, -0.15) is 10.2 Å². The number of hydrazone groups is 2. The van der Waals surface area contributed by atoms with E-state index in [0.717, 1.165) is 6.42 Å². The number of hydrogen-bond acceptors (Lipinski definition) is 4. The van der Waals surface area contributed by atoms with Gasteiger partial charge in [-0.1, -0.05) is 13.8 Å². The number of primary amides is 2. The molecule has 0 rings (SSSR count). The van der Waals surface area contributed by atoms with E-state index in [1.807, 2.05) is 13.8 Å². The maximum atomic E-state index is 10.4. The van der Waals surface area contributed by atoms with Crippen molar-refractivity contribution >= 4 is 24.5 Å². The molecule has 0 radical (unpaired) electrons. The van der Waals surface area contributed by atoms with Crippen molar-refractivity contribution in [1.29, 1.82) is 0 Å². The van der Waals surface area contributed by atoms with Crippen LogP contribution in [0.5, 0.6) is 0 Å². The largest absolute Gasteiger partial charge is 0.350 e. The topological polar surface area (TPSA) is 135 Å². The number of urea groups is 2. The number of carbonyl (C=O) groups excluding carboxylic acids is 2. The number of nitrogens with one attached hydrogen (secondary N) is 2. The molecule has 8 nitrogen and oxygen atoms in total. The molecule has 0 aliphatic heterocycles. The average molecular weight is 242 g/mol. The molecule has 0 aromatic carbocycles. The molecule has 0 aliphatic rings. The summed E-state index contributed by atoms with van der Waals surface area (Å²) < 4.78 is 0. The lowest BCUT2D eigenvalue weighted by atomic mass is 9.94. The third-order valence-corrected chi connectivity index (χ3v) is 2.07. The first-order valence-corrected chi connectivity index (χ1v) is 5.14. The van der Waals surface area contributed by atoms with Gasteiger partial charge in [-0.3, -0.25) is 0 Å². The Kier molecular flexibility index (Phi) is 7.07. The highest BCUT2D eigenvalue weighted by atomic mass is 16.2. The van der Waals surface area contributed by atoms with Gasteiger partial charge in [0.2, 0.25) is 0 Å². The van der Waals surface area contributed by atoms with Crippen molar-refractivity contribution in [2.24, 2.45) is 33.5 Å². The fourth-order valence-electron chi connectivity index (χ4n) is 1.14. The fourth-order valence-corrected chi connectivity index (χ4v) is 1.14. The van der Waals surface area contributed by atoms with E-state index in [9.17, 15) is 9.59 Å². The zero-order valence-electron chi connectivity index (χ0n) is 9.88. The zero-order valence-corrected chi connectivity index (χ0v) is 9.88. The molecule has 2 atom stereocenters. The Labute approximate surface area is 99.5 Å². The minimum absolute atomic E-state index is 0.0327. The Balaban J connectivity index is 4.24. The normalized spacial score (nSPS) is 14.7. The first-order chi connectivity index (χ1) is 7.97. The molecular formula is C9H18N6O2. The highest BCUT2D eigenvalue weighted by Crippen LogP contribution is 2.10. The SMILES string of the molecule is CCC(C=NNC(N)=O)C(C)C=NNC(N)=O. The molecule has 8 heteroatoms. The summed E-state index contributed by atoms with van der Waals surface area (Å²) in [5.41, 5.74) is 13.9. The summed E-state index contributed by atoms with van der Waals surface area (Å²) in [6.07, 6.45) is 3.93. The molecule has 2 unspecified atom stereocenters. The smallest absolute Gasteiger partial charge is 0.332 e. The predicted octanol–water partition coefficient (Wildman–Crippen LogP) is -0.0431. The van der Waals surface area contributed by atoms with E-state index in [0.29, 0.717) is 0 Å². The van der Waals surface area contributed by atoms with Crippen LogP contribution in [-0.2, 0) is 0 Å². The van der Waals surface area contributed by atoms with Crippen molar-refractivity contribution < 1.29 is 9.59 Å². The van der Waals surface area contributed by atoms with Crippen LogP contribution in [0.4, 0.5) is 9.59 Å². The number of nitrogens with zero attached hydrogens (tertiary/aromatic N) is 2. The second-order valence-corrected chi connectivity index (χ2v) is 3.44. The van der Waals surface area contributed by atoms with Gasteiger partial charge in [0.1, 0.15) is 0 Å². The van der Waals surface area contributed by atoms with Crippen LogP contribution < -0.4 is 22.3 Å². The van der Waals surface area contributed by atoms with Gasteiger partial charge in [-0.05, 0) is 6.42 Å². The minimum Gasteiger partial charge on any atom is -0.350 e. The molecule has 0 spiro atoms. The summed E-state index contributed by atoms with van der Waals surface area (Å²) in [4.78, 5) is 20.8. The first kappa shape index (κ1) is 14.9. The molecular weight excluding hydrogens is 224 g/mol. The van der Waals surface area contributed by atoms with Crippen LogP contribution in [0, 0.1) is 11.8 Å². The fraction of sp³-hybridized carbons (Fsp3) is 0.556. The molecule has 0 fully saturated rings. The standard InChI is InChI=1S/C9H18N6O2/c1-3-7(5-13-15-9(11)17)6(2)4-12-14-8(10)16/h4-7H,3H2,1-2H3,(H3,10,14,16)(H3,11,15,17). The molecule has 0 aliphatic carbocycles. The van der Waals surface area contributed by atoms with Gasteiger partial charge in [0, 0.05) is 24.3 Å². The van der Waals surface area contributed by atoms with Crippen molar-refractivity contribution in [1.82, 2.24) is 10.9 Å². The highest BCUT2D eigenvalue weighted by Gasteiger charge is 2.11. The summed E-state index contributed by atoms with van der Waals surface area (Å²) in [7, 11) is 0. The number of rotatable bonds is 6. The van der Waals surface area contributed by atoms with E-state index in [2.05, 4.69) is 21.1 Å². The second kappa shape index (κ2) is 8.08. The van der Waals surface area contributed by atoms with Crippen LogP contribution in [0.25, 0.3) is 0 Å². The van der Waals surface area contributed by atoms with Crippen LogP contribution in [0.1, 0.15) is 20.3 Å². The Morgan fingerprint density at radius 2 is 1.65 bits per heavy atom. The molecule has 0 saturated carbocycles. The van der Waals surface area contributed by atoms with Crippen LogP contribution in [-0.4, -0.2) is 24.5 Å². The van der Waals surface area contributed by atoms with Crippen molar-refractivity contribution in [2.45, 2.75) is 20.3 Å². The van der Waals surface area contributed by atoms with Gasteiger partial charge in [-0.25, -0.2) is 20.4 Å². The third kappa shape index (κ3) is 7.77. The van der Waals surface area contributed by atoms with E-state index < -0.39 is 12.1 Å². The highest BCUT2D eigenvalue weighted by molar-refractivity contribution is 5.76. The van der Waals surface area contributed by atoms with Gasteiger partial charge in [0.25, 0.3) is 0 Å². The maximum Gasteiger partial charge on any atom is 0.332 e. The number of nitrogens with two attached hydrogens (primary N) is 2. The van der Waals surface area contributed by atoms with Crippen LogP contribution in [0.2, 0.25) is 0 Å². The molecule has 0 saturated heterocycles. The lowest BCUT2D eigenvalue weighted by Crippen LogP contribution is -2.27. The van der Waals surface area contributed by atoms with E-state index in [1.165, 1.54) is 0 Å². The lowest BCUT2D eigenvalue weighted by molar-refractivity contribution is 0.248. The van der Waals surface area contributed by atoms with E-state index in [4.69, 9.17) is 11.5 Å².